The minimum absolute atomic E-state index is 0.211. The second kappa shape index (κ2) is 5.34. The van der Waals surface area contributed by atoms with Crippen LogP contribution < -0.4 is 10.6 Å². The lowest BCUT2D eigenvalue weighted by Crippen LogP contribution is -2.16. The molecule has 0 spiro atoms. The van der Waals surface area contributed by atoms with Gasteiger partial charge in [0.2, 0.25) is 0 Å². The van der Waals surface area contributed by atoms with Crippen molar-refractivity contribution in [3.63, 3.8) is 0 Å². The third kappa shape index (κ3) is 2.62. The van der Waals surface area contributed by atoms with E-state index in [2.05, 4.69) is 14.7 Å². The maximum atomic E-state index is 11.5. The molecule has 0 radical (unpaired) electrons. The predicted molar refractivity (Wildman–Crippen MR) is 72.3 cm³/mol. The van der Waals surface area contributed by atoms with Crippen molar-refractivity contribution in [3.8, 4) is 0 Å². The number of carbonyl (C=O) groups excluding carboxylic acids is 1. The van der Waals surface area contributed by atoms with E-state index in [1.165, 1.54) is 13.2 Å². The van der Waals surface area contributed by atoms with Crippen LogP contribution in [0.5, 0.6) is 0 Å². The summed E-state index contributed by atoms with van der Waals surface area (Å²) < 4.78 is 4.64. The van der Waals surface area contributed by atoms with Gasteiger partial charge in [-0.2, -0.15) is 0 Å². The number of hydrogen-bond donors (Lipinski definition) is 1. The topological polar surface area (TPSA) is 81.3 Å². The summed E-state index contributed by atoms with van der Waals surface area (Å²) in [5.74, 6) is -0.0169. The molecular weight excluding hydrogens is 244 g/mol. The third-order valence-electron chi connectivity index (χ3n) is 2.65. The molecule has 6 nitrogen and oxygen atoms in total. The molecule has 19 heavy (non-hydrogen) atoms. The van der Waals surface area contributed by atoms with Gasteiger partial charge >= 0.3 is 5.97 Å². The Kier molecular flexibility index (Phi) is 3.61. The highest BCUT2D eigenvalue weighted by atomic mass is 16.5. The first-order valence-corrected chi connectivity index (χ1v) is 5.62. The number of ether oxygens (including phenoxy) is 1. The lowest BCUT2D eigenvalue weighted by molar-refractivity contribution is 0.0594. The fraction of sp³-hybridized carbons (Fsp3) is 0.154. The highest BCUT2D eigenvalue weighted by molar-refractivity contribution is 5.89. The summed E-state index contributed by atoms with van der Waals surface area (Å²) in [5.41, 5.74) is 7.40. The number of nitrogen functional groups attached to an aromatic ring is 1. The molecule has 2 aromatic rings. The molecule has 0 aliphatic heterocycles. The molecule has 0 aliphatic rings. The number of esters is 1. The first-order chi connectivity index (χ1) is 9.13. The number of nitrogens with zero attached hydrogens (tertiary/aromatic N) is 3. The zero-order valence-corrected chi connectivity index (χ0v) is 10.7. The number of nitrogens with two attached hydrogens (primary N) is 1. The molecule has 6 heteroatoms. The number of methoxy groups -OCH3 is 1. The van der Waals surface area contributed by atoms with Crippen LogP contribution in [0.2, 0.25) is 0 Å². The van der Waals surface area contributed by atoms with Crippen molar-refractivity contribution >= 4 is 23.2 Å². The maximum absolute atomic E-state index is 11.5. The fourth-order valence-electron chi connectivity index (χ4n) is 1.62. The molecule has 0 saturated heterocycles. The van der Waals surface area contributed by atoms with Gasteiger partial charge in [-0.25, -0.2) is 9.78 Å². The number of carbonyl (C=O) groups is 1. The lowest BCUT2D eigenvalue weighted by Gasteiger charge is -2.19. The van der Waals surface area contributed by atoms with Crippen LogP contribution in [0, 0.1) is 0 Å². The summed E-state index contributed by atoms with van der Waals surface area (Å²) in [6, 6.07) is 6.84. The summed E-state index contributed by atoms with van der Waals surface area (Å²) in [7, 11) is 3.11. The molecule has 0 atom stereocenters. The van der Waals surface area contributed by atoms with Gasteiger partial charge in [-0.05, 0) is 24.3 Å². The average molecular weight is 258 g/mol. The van der Waals surface area contributed by atoms with Gasteiger partial charge in [-0.3, -0.25) is 4.98 Å². The van der Waals surface area contributed by atoms with E-state index in [0.29, 0.717) is 11.5 Å². The molecule has 98 valence electrons. The van der Waals surface area contributed by atoms with Crippen molar-refractivity contribution in [2.45, 2.75) is 0 Å². The molecule has 2 rings (SSSR count). The second-order valence-electron chi connectivity index (χ2n) is 3.87. The smallest absolute Gasteiger partial charge is 0.356 e. The first kappa shape index (κ1) is 12.8. The van der Waals surface area contributed by atoms with Crippen LogP contribution in [0.1, 0.15) is 10.5 Å². The minimum Gasteiger partial charge on any atom is -0.464 e. The van der Waals surface area contributed by atoms with Crippen molar-refractivity contribution in [1.29, 1.82) is 0 Å². The van der Waals surface area contributed by atoms with E-state index in [4.69, 9.17) is 5.73 Å². The van der Waals surface area contributed by atoms with Crippen molar-refractivity contribution < 1.29 is 9.53 Å². The van der Waals surface area contributed by atoms with Gasteiger partial charge in [0.05, 0.1) is 24.7 Å². The van der Waals surface area contributed by atoms with E-state index >= 15 is 0 Å². The Bertz CT molecular complexity index is 586. The minimum atomic E-state index is -0.499. The Balaban J connectivity index is 2.41. The van der Waals surface area contributed by atoms with Gasteiger partial charge in [-0.1, -0.05) is 0 Å². The second-order valence-corrected chi connectivity index (χ2v) is 3.87. The van der Waals surface area contributed by atoms with E-state index in [0.717, 1.165) is 5.69 Å². The standard InChI is InChI=1S/C13H14N4O2/c1-17(9-4-3-7-15-8-9)12-10(14)5-6-11(16-12)13(18)19-2/h3-8H,14H2,1-2H3. The Morgan fingerprint density at radius 1 is 1.37 bits per heavy atom. The molecular formula is C13H14N4O2. The molecule has 0 unspecified atom stereocenters. The monoisotopic (exact) mass is 258 g/mol. The molecule has 2 N–H and O–H groups in total. The van der Waals surface area contributed by atoms with Crippen molar-refractivity contribution in [2.75, 3.05) is 24.8 Å². The molecule has 0 bridgehead atoms. The van der Waals surface area contributed by atoms with Crippen LogP contribution in [0.3, 0.4) is 0 Å². The molecule has 2 aromatic heterocycles. The van der Waals surface area contributed by atoms with E-state index in [-0.39, 0.29) is 5.69 Å². The lowest BCUT2D eigenvalue weighted by atomic mass is 10.3. The summed E-state index contributed by atoms with van der Waals surface area (Å²) in [6.07, 6.45) is 3.37. The highest BCUT2D eigenvalue weighted by Crippen LogP contribution is 2.26. The van der Waals surface area contributed by atoms with Gasteiger partial charge in [0, 0.05) is 13.2 Å². The molecule has 0 aromatic carbocycles. The summed E-state index contributed by atoms with van der Waals surface area (Å²) in [5, 5.41) is 0. The van der Waals surface area contributed by atoms with Crippen LogP contribution in [-0.2, 0) is 4.74 Å². The molecule has 0 fully saturated rings. The quantitative estimate of drug-likeness (QED) is 0.842. The van der Waals surface area contributed by atoms with E-state index < -0.39 is 5.97 Å². The SMILES string of the molecule is COC(=O)c1ccc(N)c(N(C)c2cccnc2)n1. The Morgan fingerprint density at radius 2 is 2.16 bits per heavy atom. The number of aromatic nitrogens is 2. The average Bonchev–Trinajstić information content (AvgIpc) is 2.47. The summed E-state index contributed by atoms with van der Waals surface area (Å²) in [6.45, 7) is 0. The van der Waals surface area contributed by atoms with Crippen LogP contribution in [0.25, 0.3) is 0 Å². The van der Waals surface area contributed by atoms with Gasteiger partial charge in [0.1, 0.15) is 0 Å². The van der Waals surface area contributed by atoms with Gasteiger partial charge in [0.15, 0.2) is 11.5 Å². The van der Waals surface area contributed by atoms with Gasteiger partial charge in [0.25, 0.3) is 0 Å². The largest absolute Gasteiger partial charge is 0.464 e. The number of hydrogen-bond acceptors (Lipinski definition) is 6. The summed E-state index contributed by atoms with van der Waals surface area (Å²) in [4.78, 5) is 21.5. The predicted octanol–water partition coefficient (Wildman–Crippen LogP) is 1.61. The summed E-state index contributed by atoms with van der Waals surface area (Å²) >= 11 is 0. The number of rotatable bonds is 3. The van der Waals surface area contributed by atoms with Crippen LogP contribution in [0.4, 0.5) is 17.2 Å². The van der Waals surface area contributed by atoms with E-state index in [9.17, 15) is 4.79 Å². The number of anilines is 3. The Labute approximate surface area is 110 Å². The van der Waals surface area contributed by atoms with Gasteiger partial charge < -0.3 is 15.4 Å². The third-order valence-corrected chi connectivity index (χ3v) is 2.65. The van der Waals surface area contributed by atoms with Crippen molar-refractivity contribution in [3.05, 3.63) is 42.4 Å². The zero-order chi connectivity index (χ0) is 13.8. The molecule has 2 heterocycles. The highest BCUT2D eigenvalue weighted by Gasteiger charge is 2.14. The fourth-order valence-corrected chi connectivity index (χ4v) is 1.62. The Morgan fingerprint density at radius 3 is 2.79 bits per heavy atom. The van der Waals surface area contributed by atoms with Crippen molar-refractivity contribution in [2.24, 2.45) is 0 Å². The molecule has 0 aliphatic carbocycles. The van der Waals surface area contributed by atoms with Crippen LogP contribution in [0.15, 0.2) is 36.7 Å². The van der Waals surface area contributed by atoms with Crippen molar-refractivity contribution in [1.82, 2.24) is 9.97 Å². The Hall–Kier alpha value is -2.63. The van der Waals surface area contributed by atoms with E-state index in [1.54, 1.807) is 30.4 Å². The maximum Gasteiger partial charge on any atom is 0.356 e. The van der Waals surface area contributed by atoms with E-state index in [1.807, 2.05) is 12.1 Å². The number of pyridine rings is 2. The normalized spacial score (nSPS) is 10.0. The van der Waals surface area contributed by atoms with Gasteiger partial charge in [-0.15, -0.1) is 0 Å². The van der Waals surface area contributed by atoms with Crippen LogP contribution >= 0.6 is 0 Å². The van der Waals surface area contributed by atoms with Crippen LogP contribution in [-0.4, -0.2) is 30.1 Å². The first-order valence-electron chi connectivity index (χ1n) is 5.62. The molecule has 0 saturated carbocycles. The zero-order valence-electron chi connectivity index (χ0n) is 10.7. The molecule has 0 amide bonds.